The Hall–Kier alpha value is -2.00. The van der Waals surface area contributed by atoms with Crippen LogP contribution in [0.3, 0.4) is 0 Å². The Morgan fingerprint density at radius 1 is 1.30 bits per heavy atom. The van der Waals surface area contributed by atoms with Gasteiger partial charge in [0.1, 0.15) is 6.54 Å². The van der Waals surface area contributed by atoms with Gasteiger partial charge in [-0.25, -0.2) is 19.1 Å². The van der Waals surface area contributed by atoms with Crippen LogP contribution in [0.15, 0.2) is 23.1 Å². The molecule has 2 aromatic heterocycles. The molecule has 0 bridgehead atoms. The van der Waals surface area contributed by atoms with Crippen molar-refractivity contribution in [3.05, 3.63) is 34.9 Å². The number of alkyl halides is 3. The molecule has 1 aromatic carbocycles. The molecule has 0 spiro atoms. The summed E-state index contributed by atoms with van der Waals surface area (Å²) in [6, 6.07) is 4.44. The Morgan fingerprint density at radius 2 is 1.97 bits per heavy atom. The van der Waals surface area contributed by atoms with Gasteiger partial charge < -0.3 is 40.8 Å². The van der Waals surface area contributed by atoms with E-state index < -0.39 is 11.4 Å². The topological polar surface area (TPSA) is 116 Å². The molecule has 0 aliphatic heterocycles. The number of thioether (sulfide) groups is 1. The smallest absolute Gasteiger partial charge is 0.446 e. The maximum atomic E-state index is 12.6. The molecule has 0 atom stereocenters. The number of nitrogens with two attached hydrogens (primary N) is 2. The number of benzene rings is 1. The fraction of sp³-hybridized carbons (Fsp3) is 0.250. The zero-order chi connectivity index (χ0) is 21.5. The van der Waals surface area contributed by atoms with Crippen molar-refractivity contribution >= 4 is 51.9 Å². The van der Waals surface area contributed by atoms with Gasteiger partial charge in [0.05, 0.1) is 14.1 Å². The summed E-state index contributed by atoms with van der Waals surface area (Å²) in [6.07, 6.45) is 0. The molecule has 3 rings (SSSR count). The van der Waals surface area contributed by atoms with E-state index in [2.05, 4.69) is 15.3 Å². The van der Waals surface area contributed by atoms with E-state index in [4.69, 9.17) is 23.1 Å². The summed E-state index contributed by atoms with van der Waals surface area (Å²) in [5.41, 5.74) is 7.91. The summed E-state index contributed by atoms with van der Waals surface area (Å²) >= 11 is 5.60. The van der Waals surface area contributed by atoms with E-state index in [1.54, 1.807) is 29.3 Å². The van der Waals surface area contributed by atoms with Gasteiger partial charge >= 0.3 is 5.51 Å². The number of carbonyl (C=O) groups is 1. The molecule has 162 valence electrons. The van der Waals surface area contributed by atoms with Gasteiger partial charge in [-0.15, -0.1) is 0 Å². The predicted octanol–water partition coefficient (Wildman–Crippen LogP) is -0.843. The average molecular weight is 574 g/mol. The summed E-state index contributed by atoms with van der Waals surface area (Å²) in [5.74, 6) is -0.237. The third-order valence-corrected chi connectivity index (χ3v) is 5.20. The number of anilines is 2. The van der Waals surface area contributed by atoms with Gasteiger partial charge in [-0.3, -0.25) is 4.79 Å². The molecule has 5 N–H and O–H groups in total. The molecule has 0 aliphatic carbocycles. The molecule has 0 radical (unpaired) electrons. The summed E-state index contributed by atoms with van der Waals surface area (Å²) in [7, 11) is 3.44. The van der Waals surface area contributed by atoms with Gasteiger partial charge in [-0.1, -0.05) is 11.6 Å². The number of carbonyl (C=O) groups excluding carboxylic acids is 1. The molecule has 0 fully saturated rings. The molecule has 0 aliphatic rings. The van der Waals surface area contributed by atoms with Crippen molar-refractivity contribution in [3.8, 4) is 0 Å². The Balaban J connectivity index is 0.00000320. The second-order valence-corrected chi connectivity index (χ2v) is 7.55. The first kappa shape index (κ1) is 24.3. The lowest BCUT2D eigenvalue weighted by Gasteiger charge is -2.07. The zero-order valence-electron chi connectivity index (χ0n) is 15.6. The Bertz CT molecular complexity index is 1120. The Morgan fingerprint density at radius 3 is 2.60 bits per heavy atom. The van der Waals surface area contributed by atoms with Gasteiger partial charge in [0.2, 0.25) is 0 Å². The highest BCUT2D eigenvalue weighted by atomic mass is 127. The average Bonchev–Trinajstić information content (AvgIpc) is 2.85. The van der Waals surface area contributed by atoms with Crippen LogP contribution in [0.4, 0.5) is 24.8 Å². The van der Waals surface area contributed by atoms with Crippen LogP contribution in [-0.4, -0.2) is 26.0 Å². The molecule has 14 heteroatoms. The fourth-order valence-electron chi connectivity index (χ4n) is 2.84. The van der Waals surface area contributed by atoms with Crippen LogP contribution < -0.4 is 45.3 Å². The van der Waals surface area contributed by atoms with Gasteiger partial charge in [0, 0.05) is 11.0 Å². The van der Waals surface area contributed by atoms with Crippen molar-refractivity contribution in [2.45, 2.75) is 16.9 Å². The number of hydrogen-bond donors (Lipinski definition) is 3. The number of rotatable bonds is 4. The number of nitrogens with one attached hydrogen (secondary N) is 1. The first-order valence-corrected chi connectivity index (χ1v) is 9.27. The summed E-state index contributed by atoms with van der Waals surface area (Å²) in [6.45, 7) is 0.0609. The van der Waals surface area contributed by atoms with E-state index in [1.807, 2.05) is 0 Å². The second kappa shape index (κ2) is 9.01. The molecule has 8 nitrogen and oxygen atoms in total. The number of aryl methyl sites for hydroxylation is 2. The zero-order valence-corrected chi connectivity index (χ0v) is 19.3. The van der Waals surface area contributed by atoms with Crippen molar-refractivity contribution in [2.24, 2.45) is 14.1 Å². The van der Waals surface area contributed by atoms with Crippen LogP contribution in [0.2, 0.25) is 5.15 Å². The lowest BCUT2D eigenvalue weighted by molar-refractivity contribution is -0.654. The minimum atomic E-state index is -4.38. The largest absolute Gasteiger partial charge is 1.00 e. The van der Waals surface area contributed by atoms with Crippen molar-refractivity contribution in [3.63, 3.8) is 0 Å². The number of fused-ring (bicyclic) bond motifs is 1. The quantitative estimate of drug-likeness (QED) is 0.213. The molecule has 1 amide bonds. The monoisotopic (exact) mass is 573 g/mol. The van der Waals surface area contributed by atoms with Crippen molar-refractivity contribution in [2.75, 3.05) is 11.5 Å². The van der Waals surface area contributed by atoms with E-state index in [-0.39, 0.29) is 69.7 Å². The summed E-state index contributed by atoms with van der Waals surface area (Å²) in [5, 5.41) is 2.51. The number of aromatic nitrogens is 4. The predicted molar refractivity (Wildman–Crippen MR) is 103 cm³/mol. The number of amides is 1. The third kappa shape index (κ3) is 5.00. The van der Waals surface area contributed by atoms with Gasteiger partial charge in [0.25, 0.3) is 11.7 Å². The van der Waals surface area contributed by atoms with Crippen LogP contribution in [0.1, 0.15) is 16.3 Å². The maximum Gasteiger partial charge on any atom is 0.446 e. The number of nitrogen functional groups attached to an aromatic ring is 2. The number of imidazole rings is 1. The molecule has 2 heterocycles. The number of hydrogen-bond acceptors (Lipinski definition) is 6. The van der Waals surface area contributed by atoms with Crippen LogP contribution in [0.25, 0.3) is 11.0 Å². The summed E-state index contributed by atoms with van der Waals surface area (Å²) in [4.78, 5) is 20.1. The van der Waals surface area contributed by atoms with Crippen LogP contribution in [0.5, 0.6) is 0 Å². The lowest BCUT2D eigenvalue weighted by Crippen LogP contribution is -3.00. The number of nitrogens with zero attached hydrogens (tertiary/aromatic N) is 4. The third-order valence-electron chi connectivity index (χ3n) is 4.20. The highest BCUT2D eigenvalue weighted by Crippen LogP contribution is 2.37. The standard InChI is InChI=1S/C16H15ClF3N7OS.HI/c1-26-8-4-3-7(29-16(18,19)20)5-9(8)27(2)10(26)6-23-15(28)11-13(21)25-14(22)12(17)24-11;/h3-5H,6H2,1-2H3,(H4-,21,22,23,25,28);1H. The van der Waals surface area contributed by atoms with Crippen LogP contribution >= 0.6 is 23.4 Å². The van der Waals surface area contributed by atoms with E-state index >= 15 is 0 Å². The van der Waals surface area contributed by atoms with Crippen molar-refractivity contribution in [1.29, 1.82) is 0 Å². The molecule has 0 saturated heterocycles. The molecule has 3 aromatic rings. The van der Waals surface area contributed by atoms with Crippen molar-refractivity contribution < 1.29 is 46.5 Å². The van der Waals surface area contributed by atoms with E-state index in [1.165, 1.54) is 12.1 Å². The highest BCUT2D eigenvalue weighted by molar-refractivity contribution is 8.00. The van der Waals surface area contributed by atoms with Gasteiger partial charge in [-0.05, 0) is 23.9 Å². The van der Waals surface area contributed by atoms with Gasteiger partial charge in [-0.2, -0.15) is 13.2 Å². The van der Waals surface area contributed by atoms with E-state index in [0.717, 1.165) is 0 Å². The highest BCUT2D eigenvalue weighted by Gasteiger charge is 2.30. The normalized spacial score (nSPS) is 11.4. The SMILES string of the molecule is Cn1c(CNC(=O)c2nc(Cl)c(N)nc2N)[n+](C)c2ccc(SC(F)(F)F)cc21.[I-]. The van der Waals surface area contributed by atoms with E-state index in [0.29, 0.717) is 16.9 Å². The molecule has 0 unspecified atom stereocenters. The first-order valence-electron chi connectivity index (χ1n) is 8.07. The first-order chi connectivity index (χ1) is 13.5. The Labute approximate surface area is 195 Å². The molecule has 30 heavy (non-hydrogen) atoms. The van der Waals surface area contributed by atoms with Crippen LogP contribution in [0, 0.1) is 0 Å². The number of halogens is 5. The molecular formula is C16H16ClF3IN7OS. The molecular weight excluding hydrogens is 558 g/mol. The Kier molecular flexibility index (Phi) is 7.29. The lowest BCUT2D eigenvalue weighted by atomic mass is 10.3. The van der Waals surface area contributed by atoms with Gasteiger partial charge in [0.15, 0.2) is 33.5 Å². The van der Waals surface area contributed by atoms with Crippen LogP contribution in [-0.2, 0) is 20.6 Å². The minimum absolute atomic E-state index is 0. The summed E-state index contributed by atoms with van der Waals surface area (Å²) < 4.78 is 41.4. The second-order valence-electron chi connectivity index (χ2n) is 6.05. The minimum Gasteiger partial charge on any atom is -1.00 e. The van der Waals surface area contributed by atoms with Crippen molar-refractivity contribution in [1.82, 2.24) is 19.9 Å². The molecule has 0 saturated carbocycles. The van der Waals surface area contributed by atoms with E-state index in [9.17, 15) is 18.0 Å². The maximum absolute atomic E-state index is 12.6. The fourth-order valence-corrected chi connectivity index (χ4v) is 3.55.